The molecule has 0 bridgehead atoms. The second-order valence-corrected chi connectivity index (χ2v) is 5.41. The van der Waals surface area contributed by atoms with Crippen molar-refractivity contribution in [3.8, 4) is 5.88 Å². The molecule has 1 heterocycles. The Labute approximate surface area is 170 Å². The topological polar surface area (TPSA) is 109 Å². The molecule has 0 aliphatic heterocycles. The highest BCUT2D eigenvalue weighted by Crippen LogP contribution is 2.18. The molecule has 1 aromatic carbocycles. The molecule has 2 rings (SSSR count). The summed E-state index contributed by atoms with van der Waals surface area (Å²) in [5, 5.41) is 20.3. The van der Waals surface area contributed by atoms with E-state index in [1.807, 2.05) is 6.92 Å². The fraction of sp³-hybridized carbons (Fsp3) is 0.278. The lowest BCUT2D eigenvalue weighted by molar-refractivity contribution is -0.154. The van der Waals surface area contributed by atoms with Crippen LogP contribution in [0.15, 0.2) is 36.5 Å². The number of anilines is 1. The maximum absolute atomic E-state index is 11.8. The van der Waals surface area contributed by atoms with Gasteiger partial charge in [0.05, 0.1) is 23.0 Å². The first-order valence-corrected chi connectivity index (χ1v) is 8.00. The summed E-state index contributed by atoms with van der Waals surface area (Å²) in [7, 11) is 0. The van der Waals surface area contributed by atoms with Crippen LogP contribution in [0.3, 0.4) is 0 Å². The number of halogens is 4. The average Bonchev–Trinajstić information content (AvgIpc) is 2.61. The summed E-state index contributed by atoms with van der Waals surface area (Å²) in [6.07, 6.45) is -2.91. The van der Waals surface area contributed by atoms with E-state index in [9.17, 15) is 22.8 Å². The van der Waals surface area contributed by atoms with Gasteiger partial charge in [0, 0.05) is 12.6 Å². The molecule has 0 spiro atoms. The van der Waals surface area contributed by atoms with Crippen LogP contribution in [0.25, 0.3) is 0 Å². The Kier molecular flexibility index (Phi) is 10.5. The van der Waals surface area contributed by atoms with E-state index >= 15 is 0 Å². The van der Waals surface area contributed by atoms with Gasteiger partial charge >= 0.3 is 18.1 Å². The number of nitrogens with one attached hydrogen (secondary N) is 1. The van der Waals surface area contributed by atoms with Crippen molar-refractivity contribution in [2.75, 3.05) is 18.5 Å². The first-order valence-electron chi connectivity index (χ1n) is 8.00. The molecule has 3 N–H and O–H groups in total. The molecule has 0 amide bonds. The first kappa shape index (κ1) is 26.0. The van der Waals surface area contributed by atoms with E-state index in [1.54, 1.807) is 6.07 Å². The lowest BCUT2D eigenvalue weighted by Crippen LogP contribution is -2.19. The van der Waals surface area contributed by atoms with Gasteiger partial charge in [-0.1, -0.05) is 6.07 Å². The molecule has 0 saturated heterocycles. The number of alkyl halides is 3. The van der Waals surface area contributed by atoms with Gasteiger partial charge in [-0.2, -0.15) is 13.2 Å². The minimum absolute atomic E-state index is 0. The van der Waals surface area contributed by atoms with Crippen molar-refractivity contribution in [2.24, 2.45) is 0 Å². The molecule has 29 heavy (non-hydrogen) atoms. The molecular formula is C18H20ClF3N2O5. The molecule has 0 saturated carbocycles. The second-order valence-electron chi connectivity index (χ2n) is 5.41. The van der Waals surface area contributed by atoms with Crippen molar-refractivity contribution < 1.29 is 37.7 Å². The van der Waals surface area contributed by atoms with Gasteiger partial charge in [-0.25, -0.2) is 14.6 Å². The third kappa shape index (κ3) is 9.15. The van der Waals surface area contributed by atoms with E-state index in [1.165, 1.54) is 37.4 Å². The van der Waals surface area contributed by atoms with Crippen molar-refractivity contribution >= 4 is 30.0 Å². The number of hydrogen-bond donors (Lipinski definition) is 3. The molecule has 0 aliphatic rings. The minimum atomic E-state index is -4.33. The Bertz CT molecular complexity index is 782. The number of nitrogens with zero attached hydrogens (tertiary/aromatic N) is 1. The van der Waals surface area contributed by atoms with E-state index in [4.69, 9.17) is 10.2 Å². The first-order chi connectivity index (χ1) is 13.0. The minimum Gasteiger partial charge on any atom is -0.478 e. The number of carbonyl (C=O) groups is 2. The Balaban J connectivity index is 0.000000527. The van der Waals surface area contributed by atoms with Crippen molar-refractivity contribution in [3.63, 3.8) is 0 Å². The molecule has 0 radical (unpaired) electrons. The Morgan fingerprint density at radius 1 is 1.10 bits per heavy atom. The van der Waals surface area contributed by atoms with Crippen molar-refractivity contribution in [2.45, 2.75) is 20.0 Å². The monoisotopic (exact) mass is 436 g/mol. The lowest BCUT2D eigenvalue weighted by Gasteiger charge is -2.08. The summed E-state index contributed by atoms with van der Waals surface area (Å²) < 4.78 is 39.8. The normalized spacial score (nSPS) is 10.1. The molecule has 7 nitrogen and oxygen atoms in total. The number of rotatable bonds is 6. The summed E-state index contributed by atoms with van der Waals surface area (Å²) in [5.74, 6) is -2.25. The molecule has 160 valence electrons. The summed E-state index contributed by atoms with van der Waals surface area (Å²) in [5.41, 5.74) is 1.08. The van der Waals surface area contributed by atoms with Crippen LogP contribution in [0.4, 0.5) is 18.9 Å². The van der Waals surface area contributed by atoms with Crippen molar-refractivity contribution in [1.82, 2.24) is 4.98 Å². The van der Waals surface area contributed by atoms with Gasteiger partial charge in [0.15, 0.2) is 6.61 Å². The number of ether oxygens (including phenoxy) is 1. The Morgan fingerprint density at radius 3 is 2.03 bits per heavy atom. The Hall–Kier alpha value is -3.01. The lowest BCUT2D eigenvalue weighted by atomic mass is 10.0. The van der Waals surface area contributed by atoms with Gasteiger partial charge in [0.2, 0.25) is 5.88 Å². The number of aromatic carboxylic acids is 2. The zero-order valence-electron chi connectivity index (χ0n) is 15.5. The van der Waals surface area contributed by atoms with E-state index in [0.29, 0.717) is 0 Å². The van der Waals surface area contributed by atoms with Crippen LogP contribution in [-0.2, 0) is 0 Å². The van der Waals surface area contributed by atoms with Crippen LogP contribution in [0, 0.1) is 6.92 Å². The SMILES string of the molecule is CCNc1ccc(OCC(F)(F)F)nc1.Cc1c(C(=O)O)cccc1C(=O)O.Cl. The third-order valence-electron chi connectivity index (χ3n) is 3.30. The molecule has 0 aliphatic carbocycles. The van der Waals surface area contributed by atoms with E-state index < -0.39 is 24.7 Å². The molecule has 1 aromatic heterocycles. The van der Waals surface area contributed by atoms with Gasteiger partial charge in [-0.15, -0.1) is 12.4 Å². The van der Waals surface area contributed by atoms with Gasteiger partial charge in [0.25, 0.3) is 0 Å². The van der Waals surface area contributed by atoms with Gasteiger partial charge < -0.3 is 20.3 Å². The second kappa shape index (κ2) is 11.7. The number of carboxylic acids is 2. The molecule has 0 atom stereocenters. The van der Waals surface area contributed by atoms with E-state index in [2.05, 4.69) is 15.0 Å². The zero-order chi connectivity index (χ0) is 21.3. The number of pyridine rings is 1. The van der Waals surface area contributed by atoms with Crippen LogP contribution < -0.4 is 10.1 Å². The predicted molar refractivity (Wildman–Crippen MR) is 102 cm³/mol. The maximum atomic E-state index is 11.8. The highest BCUT2D eigenvalue weighted by Gasteiger charge is 2.28. The van der Waals surface area contributed by atoms with Crippen molar-refractivity contribution in [3.05, 3.63) is 53.2 Å². The number of carboxylic acid groups (broad SMARTS) is 2. The van der Waals surface area contributed by atoms with E-state index in [0.717, 1.165) is 12.2 Å². The number of aromatic nitrogens is 1. The summed E-state index contributed by atoms with van der Waals surface area (Å²) in [4.78, 5) is 24.9. The third-order valence-corrected chi connectivity index (χ3v) is 3.30. The summed E-state index contributed by atoms with van der Waals surface area (Å²) in [6.45, 7) is 2.80. The number of benzene rings is 1. The van der Waals surface area contributed by atoms with Crippen LogP contribution in [0.1, 0.15) is 33.2 Å². The van der Waals surface area contributed by atoms with Crippen LogP contribution >= 0.6 is 12.4 Å². The smallest absolute Gasteiger partial charge is 0.422 e. The number of hydrogen-bond acceptors (Lipinski definition) is 5. The molecular weight excluding hydrogens is 417 g/mol. The predicted octanol–water partition coefficient (Wildman–Crippen LogP) is 4.27. The molecule has 2 aromatic rings. The zero-order valence-corrected chi connectivity index (χ0v) is 16.3. The molecule has 0 fully saturated rings. The standard InChI is InChI=1S/C9H11F3N2O.C9H8O4.ClH/c1-2-13-7-3-4-8(14-5-7)15-6-9(10,11)12;1-5-6(8(10)11)3-2-4-7(5)9(12)13;/h3-5,13H,2,6H2,1H3;2-4H,1H3,(H,10,11)(H,12,13);1H. The van der Waals surface area contributed by atoms with Crippen LogP contribution in [0.5, 0.6) is 5.88 Å². The highest BCUT2D eigenvalue weighted by atomic mass is 35.5. The fourth-order valence-electron chi connectivity index (χ4n) is 2.03. The van der Waals surface area contributed by atoms with Crippen LogP contribution in [-0.4, -0.2) is 46.5 Å². The van der Waals surface area contributed by atoms with Crippen molar-refractivity contribution in [1.29, 1.82) is 0 Å². The average molecular weight is 437 g/mol. The maximum Gasteiger partial charge on any atom is 0.422 e. The molecule has 11 heteroatoms. The Morgan fingerprint density at radius 2 is 1.66 bits per heavy atom. The van der Waals surface area contributed by atoms with E-state index in [-0.39, 0.29) is 35.0 Å². The van der Waals surface area contributed by atoms with Gasteiger partial charge in [0.1, 0.15) is 0 Å². The highest BCUT2D eigenvalue weighted by molar-refractivity contribution is 5.96. The van der Waals surface area contributed by atoms with Gasteiger partial charge in [-0.05, 0) is 37.6 Å². The summed E-state index contributed by atoms with van der Waals surface area (Å²) in [6, 6.07) is 7.18. The fourth-order valence-corrected chi connectivity index (χ4v) is 2.03. The summed E-state index contributed by atoms with van der Waals surface area (Å²) >= 11 is 0. The quantitative estimate of drug-likeness (QED) is 0.620. The molecule has 0 unspecified atom stereocenters. The largest absolute Gasteiger partial charge is 0.478 e. The van der Waals surface area contributed by atoms with Crippen LogP contribution in [0.2, 0.25) is 0 Å². The van der Waals surface area contributed by atoms with Gasteiger partial charge in [-0.3, -0.25) is 0 Å².